The molecule has 7 heteroatoms. The van der Waals surface area contributed by atoms with E-state index in [1.165, 1.54) is 10.5 Å². The summed E-state index contributed by atoms with van der Waals surface area (Å²) in [5.74, 6) is 0.887. The molecule has 0 spiro atoms. The third kappa shape index (κ3) is 6.47. The van der Waals surface area contributed by atoms with E-state index in [1.54, 1.807) is 12.1 Å². The molecule has 5 nitrogen and oxygen atoms in total. The highest BCUT2D eigenvalue weighted by atomic mass is 35.5. The zero-order valence-electron chi connectivity index (χ0n) is 19.4. The number of amides is 2. The smallest absolute Gasteiger partial charge is 0.293 e. The van der Waals surface area contributed by atoms with Crippen molar-refractivity contribution in [2.75, 3.05) is 13.2 Å². The highest BCUT2D eigenvalue weighted by Gasteiger charge is 2.34. The molecule has 1 aliphatic heterocycles. The van der Waals surface area contributed by atoms with Gasteiger partial charge in [-0.3, -0.25) is 14.5 Å². The molecule has 2 amide bonds. The molecular formula is C28H26ClNO4S. The van der Waals surface area contributed by atoms with Crippen LogP contribution in [0.3, 0.4) is 0 Å². The quantitative estimate of drug-likeness (QED) is 0.277. The predicted octanol–water partition coefficient (Wildman–Crippen LogP) is 6.99. The van der Waals surface area contributed by atoms with Gasteiger partial charge in [0.1, 0.15) is 6.61 Å². The second-order valence-electron chi connectivity index (χ2n) is 7.94. The SMILES string of the molecule is CCOc1cc(/C=C2/SC(=O)N(CCCc3ccccc3)C2=O)ccc1OCc1ccccc1Cl. The number of carbonyl (C=O) groups excluding carboxylic acids is 2. The van der Waals surface area contributed by atoms with Gasteiger partial charge in [0, 0.05) is 17.1 Å². The van der Waals surface area contributed by atoms with Crippen molar-refractivity contribution < 1.29 is 19.1 Å². The van der Waals surface area contributed by atoms with Crippen molar-refractivity contribution in [3.8, 4) is 11.5 Å². The Labute approximate surface area is 214 Å². The van der Waals surface area contributed by atoms with Gasteiger partial charge >= 0.3 is 0 Å². The molecule has 0 bridgehead atoms. The summed E-state index contributed by atoms with van der Waals surface area (Å²) in [6.45, 7) is 3.06. The molecule has 3 aromatic carbocycles. The number of ether oxygens (including phenoxy) is 2. The molecule has 3 aromatic rings. The number of hydrogen-bond acceptors (Lipinski definition) is 5. The van der Waals surface area contributed by atoms with Gasteiger partial charge in [-0.15, -0.1) is 0 Å². The van der Waals surface area contributed by atoms with Gasteiger partial charge in [0.25, 0.3) is 11.1 Å². The highest BCUT2D eigenvalue weighted by Crippen LogP contribution is 2.35. The molecule has 180 valence electrons. The number of hydrogen-bond donors (Lipinski definition) is 0. The van der Waals surface area contributed by atoms with Crippen molar-refractivity contribution in [1.82, 2.24) is 4.90 Å². The normalized spacial score (nSPS) is 14.6. The van der Waals surface area contributed by atoms with Crippen molar-refractivity contribution in [3.63, 3.8) is 0 Å². The van der Waals surface area contributed by atoms with Crippen molar-refractivity contribution in [1.29, 1.82) is 0 Å². The summed E-state index contributed by atoms with van der Waals surface area (Å²) >= 11 is 7.19. The van der Waals surface area contributed by atoms with E-state index in [1.807, 2.05) is 73.7 Å². The van der Waals surface area contributed by atoms with E-state index >= 15 is 0 Å². The Hall–Kier alpha value is -3.22. The lowest BCUT2D eigenvalue weighted by Crippen LogP contribution is -2.29. The van der Waals surface area contributed by atoms with Gasteiger partial charge in [0.15, 0.2) is 11.5 Å². The first-order chi connectivity index (χ1) is 17.0. The molecule has 0 atom stereocenters. The number of thioether (sulfide) groups is 1. The van der Waals surface area contributed by atoms with Crippen LogP contribution in [0.1, 0.15) is 30.0 Å². The number of rotatable bonds is 10. The average Bonchev–Trinajstić information content (AvgIpc) is 3.12. The number of halogens is 1. The minimum atomic E-state index is -0.259. The number of benzene rings is 3. The van der Waals surface area contributed by atoms with Crippen molar-refractivity contribution in [2.45, 2.75) is 26.4 Å². The molecule has 1 saturated heterocycles. The van der Waals surface area contributed by atoms with E-state index < -0.39 is 0 Å². The third-order valence-electron chi connectivity index (χ3n) is 5.47. The summed E-state index contributed by atoms with van der Waals surface area (Å²) in [7, 11) is 0. The first kappa shape index (κ1) is 24.9. The largest absolute Gasteiger partial charge is 0.490 e. The fourth-order valence-corrected chi connectivity index (χ4v) is 4.76. The second-order valence-corrected chi connectivity index (χ2v) is 9.34. The monoisotopic (exact) mass is 507 g/mol. The van der Waals surface area contributed by atoms with Gasteiger partial charge in [0.05, 0.1) is 11.5 Å². The standard InChI is InChI=1S/C28H26ClNO4S/c1-2-33-25-17-21(14-15-24(25)34-19-22-12-6-7-13-23(22)29)18-26-27(31)30(28(32)35-26)16-8-11-20-9-4-3-5-10-20/h3-7,9-10,12-15,17-18H,2,8,11,16,19H2,1H3/b26-18+. The third-order valence-corrected chi connectivity index (χ3v) is 6.75. The van der Waals surface area contributed by atoms with Gasteiger partial charge in [-0.2, -0.15) is 0 Å². The molecule has 4 rings (SSSR count). The molecule has 0 aliphatic carbocycles. The molecular weight excluding hydrogens is 482 g/mol. The zero-order chi connectivity index (χ0) is 24.6. The lowest BCUT2D eigenvalue weighted by Gasteiger charge is -2.13. The number of nitrogens with zero attached hydrogens (tertiary/aromatic N) is 1. The number of carbonyl (C=O) groups is 2. The summed E-state index contributed by atoms with van der Waals surface area (Å²) in [5.41, 5.74) is 2.82. The maximum absolute atomic E-state index is 12.9. The van der Waals surface area contributed by atoms with Gasteiger partial charge in [-0.05, 0) is 66.9 Å². The predicted molar refractivity (Wildman–Crippen MR) is 141 cm³/mol. The van der Waals surface area contributed by atoms with E-state index in [9.17, 15) is 9.59 Å². The van der Waals surface area contributed by atoms with Gasteiger partial charge in [-0.25, -0.2) is 0 Å². The molecule has 0 aromatic heterocycles. The number of imide groups is 1. The Morgan fingerprint density at radius 3 is 2.49 bits per heavy atom. The fourth-order valence-electron chi connectivity index (χ4n) is 3.70. The minimum absolute atomic E-state index is 0.237. The molecule has 1 heterocycles. The zero-order valence-corrected chi connectivity index (χ0v) is 21.0. The Bertz CT molecular complexity index is 1230. The van der Waals surface area contributed by atoms with Crippen LogP contribution >= 0.6 is 23.4 Å². The maximum Gasteiger partial charge on any atom is 0.293 e. The van der Waals surface area contributed by atoms with E-state index in [0.29, 0.717) is 41.2 Å². The van der Waals surface area contributed by atoms with Crippen molar-refractivity contribution in [2.24, 2.45) is 0 Å². The van der Waals surface area contributed by atoms with E-state index in [4.69, 9.17) is 21.1 Å². The van der Waals surface area contributed by atoms with Crippen LogP contribution in [0.25, 0.3) is 6.08 Å². The van der Waals surface area contributed by atoms with Crippen LogP contribution in [-0.4, -0.2) is 29.2 Å². The number of aryl methyl sites for hydroxylation is 1. The van der Waals surface area contributed by atoms with E-state index in [-0.39, 0.29) is 11.1 Å². The highest BCUT2D eigenvalue weighted by molar-refractivity contribution is 8.18. The molecule has 35 heavy (non-hydrogen) atoms. The summed E-state index contributed by atoms with van der Waals surface area (Å²) in [4.78, 5) is 27.1. The molecule has 0 radical (unpaired) electrons. The summed E-state index contributed by atoms with van der Waals surface area (Å²) in [6, 6.07) is 23.0. The van der Waals surface area contributed by atoms with Crippen molar-refractivity contribution in [3.05, 3.63) is 99.4 Å². The average molecular weight is 508 g/mol. The van der Waals surface area contributed by atoms with Crippen LogP contribution in [0.4, 0.5) is 4.79 Å². The lowest BCUT2D eigenvalue weighted by molar-refractivity contribution is -0.122. The Kier molecular flexibility index (Phi) is 8.50. The topological polar surface area (TPSA) is 55.8 Å². The van der Waals surface area contributed by atoms with Gasteiger partial charge in [0.2, 0.25) is 0 Å². The lowest BCUT2D eigenvalue weighted by atomic mass is 10.1. The summed E-state index contributed by atoms with van der Waals surface area (Å²) in [5, 5.41) is 0.403. The summed E-state index contributed by atoms with van der Waals surface area (Å²) < 4.78 is 11.7. The van der Waals surface area contributed by atoms with Crippen LogP contribution in [0, 0.1) is 0 Å². The van der Waals surface area contributed by atoms with Gasteiger partial charge < -0.3 is 9.47 Å². The second kappa shape index (κ2) is 12.0. The molecule has 1 fully saturated rings. The van der Waals surface area contributed by atoms with Crippen LogP contribution in [0.15, 0.2) is 77.7 Å². The first-order valence-electron chi connectivity index (χ1n) is 11.5. The first-order valence-corrected chi connectivity index (χ1v) is 12.7. The van der Waals surface area contributed by atoms with Gasteiger partial charge in [-0.1, -0.05) is 66.2 Å². The van der Waals surface area contributed by atoms with Crippen LogP contribution in [0.2, 0.25) is 5.02 Å². The fraction of sp³-hybridized carbons (Fsp3) is 0.214. The Balaban J connectivity index is 1.43. The van der Waals surface area contributed by atoms with Crippen LogP contribution < -0.4 is 9.47 Å². The Morgan fingerprint density at radius 2 is 1.71 bits per heavy atom. The molecule has 0 unspecified atom stereocenters. The van der Waals surface area contributed by atoms with E-state index in [0.717, 1.165) is 35.7 Å². The maximum atomic E-state index is 12.9. The van der Waals surface area contributed by atoms with Crippen molar-refractivity contribution >= 4 is 40.6 Å². The van der Waals surface area contributed by atoms with Crippen LogP contribution in [0.5, 0.6) is 11.5 Å². The molecule has 0 N–H and O–H groups in total. The van der Waals surface area contributed by atoms with E-state index in [2.05, 4.69) is 0 Å². The minimum Gasteiger partial charge on any atom is -0.490 e. The Morgan fingerprint density at radius 1 is 0.943 bits per heavy atom. The van der Waals surface area contributed by atoms with Crippen LogP contribution in [-0.2, 0) is 17.8 Å². The molecule has 0 saturated carbocycles. The molecule has 1 aliphatic rings. The summed E-state index contributed by atoms with van der Waals surface area (Å²) in [6.07, 6.45) is 3.26.